The number of nitro groups is 1. The maximum absolute atomic E-state index is 10.9. The van der Waals surface area contributed by atoms with Gasteiger partial charge in [0, 0.05) is 35.0 Å². The van der Waals surface area contributed by atoms with E-state index in [4.69, 9.17) is 0 Å². The second kappa shape index (κ2) is 5.21. The fourth-order valence-electron chi connectivity index (χ4n) is 2.98. The number of benzene rings is 2. The molecule has 2 heterocycles. The highest BCUT2D eigenvalue weighted by atomic mass is 32.1. The quantitative estimate of drug-likeness (QED) is 0.395. The smallest absolute Gasteiger partial charge is 0.269 e. The molecule has 5 heteroatoms. The van der Waals surface area contributed by atoms with Gasteiger partial charge in [0.2, 0.25) is 0 Å². The average Bonchev–Trinajstić information content (AvgIpc) is 3.07. The number of aryl methyl sites for hydroxylation is 1. The summed E-state index contributed by atoms with van der Waals surface area (Å²) in [7, 11) is 0. The van der Waals surface area contributed by atoms with Crippen LogP contribution in [0.3, 0.4) is 0 Å². The van der Waals surface area contributed by atoms with Crippen LogP contribution in [0, 0.1) is 17.0 Å². The summed E-state index contributed by atoms with van der Waals surface area (Å²) in [5.74, 6) is 0. The van der Waals surface area contributed by atoms with E-state index in [-0.39, 0.29) is 10.6 Å². The maximum Gasteiger partial charge on any atom is 0.269 e. The monoisotopic (exact) mass is 322 g/mol. The normalized spacial score (nSPS) is 11.3. The van der Waals surface area contributed by atoms with Crippen molar-refractivity contribution in [3.05, 3.63) is 80.8 Å². The molecule has 4 rings (SSSR count). The molecule has 0 unspecified atom stereocenters. The Morgan fingerprint density at radius 3 is 2.87 bits per heavy atom. The molecule has 4 nitrogen and oxygen atoms in total. The van der Waals surface area contributed by atoms with Crippen LogP contribution in [0.15, 0.2) is 53.9 Å². The van der Waals surface area contributed by atoms with Crippen molar-refractivity contribution in [2.24, 2.45) is 0 Å². The summed E-state index contributed by atoms with van der Waals surface area (Å²) in [4.78, 5) is 11.8. The number of thiazole rings is 1. The molecule has 4 aromatic rings. The minimum Gasteiger partial charge on any atom is -0.304 e. The van der Waals surface area contributed by atoms with Crippen molar-refractivity contribution < 1.29 is 4.92 Å². The maximum atomic E-state index is 10.9. The molecule has 0 atom stereocenters. The predicted molar refractivity (Wildman–Crippen MR) is 93.4 cm³/mol. The topological polar surface area (TPSA) is 47.5 Å². The lowest BCUT2D eigenvalue weighted by Crippen LogP contribution is -1.95. The second-order valence-electron chi connectivity index (χ2n) is 5.71. The molecule has 114 valence electrons. The summed E-state index contributed by atoms with van der Waals surface area (Å²) in [5, 5.41) is 14.3. The van der Waals surface area contributed by atoms with Crippen molar-refractivity contribution in [2.75, 3.05) is 0 Å². The average molecular weight is 322 g/mol. The first-order valence-corrected chi connectivity index (χ1v) is 8.21. The molecular weight excluding hydrogens is 308 g/mol. The Kier molecular flexibility index (Phi) is 3.16. The van der Waals surface area contributed by atoms with E-state index in [1.807, 2.05) is 6.07 Å². The number of rotatable bonds is 3. The van der Waals surface area contributed by atoms with Gasteiger partial charge in [-0.1, -0.05) is 23.8 Å². The van der Waals surface area contributed by atoms with Gasteiger partial charge in [-0.15, -0.1) is 11.3 Å². The first-order valence-electron chi connectivity index (χ1n) is 7.33. The molecule has 2 aromatic carbocycles. The van der Waals surface area contributed by atoms with Crippen LogP contribution in [0.1, 0.15) is 16.8 Å². The van der Waals surface area contributed by atoms with Gasteiger partial charge in [0.1, 0.15) is 4.83 Å². The van der Waals surface area contributed by atoms with E-state index in [9.17, 15) is 10.1 Å². The molecule has 0 spiro atoms. The summed E-state index contributed by atoms with van der Waals surface area (Å²) >= 11 is 1.70. The lowest BCUT2D eigenvalue weighted by atomic mass is 10.1. The molecule has 0 fully saturated rings. The number of non-ortho nitro benzene ring substituents is 1. The Labute approximate surface area is 136 Å². The fourth-order valence-corrected chi connectivity index (χ4v) is 3.94. The number of nitro benzene ring substituents is 1. The Hall–Kier alpha value is -2.66. The van der Waals surface area contributed by atoms with Gasteiger partial charge in [0.05, 0.1) is 10.4 Å². The van der Waals surface area contributed by atoms with Crippen molar-refractivity contribution in [1.82, 2.24) is 4.40 Å². The van der Waals surface area contributed by atoms with E-state index >= 15 is 0 Å². The van der Waals surface area contributed by atoms with Gasteiger partial charge in [0.25, 0.3) is 5.69 Å². The first-order chi connectivity index (χ1) is 11.1. The van der Waals surface area contributed by atoms with Gasteiger partial charge in [0.15, 0.2) is 0 Å². The summed E-state index contributed by atoms with van der Waals surface area (Å²) < 4.78 is 2.25. The van der Waals surface area contributed by atoms with E-state index < -0.39 is 0 Å². The van der Waals surface area contributed by atoms with Crippen LogP contribution >= 0.6 is 11.3 Å². The summed E-state index contributed by atoms with van der Waals surface area (Å²) in [5.41, 5.74) is 4.68. The van der Waals surface area contributed by atoms with E-state index in [0.717, 1.165) is 11.3 Å². The summed E-state index contributed by atoms with van der Waals surface area (Å²) in [6.45, 7) is 2.09. The van der Waals surface area contributed by atoms with Crippen LogP contribution in [0.25, 0.3) is 15.7 Å². The van der Waals surface area contributed by atoms with E-state index in [1.165, 1.54) is 27.4 Å². The van der Waals surface area contributed by atoms with Crippen molar-refractivity contribution in [3.8, 4) is 0 Å². The standard InChI is InChI=1S/C18H14N2O2S/c1-12-5-6-17-14(7-12)10-18-19(17)16(11-23-18)9-13-3-2-4-15(8-13)20(21)22/h2-8,10-11H,9H2,1H3. The summed E-state index contributed by atoms with van der Waals surface area (Å²) in [6, 6.07) is 15.5. The van der Waals surface area contributed by atoms with Gasteiger partial charge < -0.3 is 4.40 Å². The first kappa shape index (κ1) is 14.0. The van der Waals surface area contributed by atoms with Crippen LogP contribution in [0.5, 0.6) is 0 Å². The Bertz CT molecular complexity index is 1050. The van der Waals surface area contributed by atoms with E-state index in [0.29, 0.717) is 6.42 Å². The van der Waals surface area contributed by atoms with Crippen molar-refractivity contribution in [3.63, 3.8) is 0 Å². The molecule has 0 N–H and O–H groups in total. The highest BCUT2D eigenvalue weighted by Crippen LogP contribution is 2.29. The number of hydrogen-bond acceptors (Lipinski definition) is 3. The molecule has 23 heavy (non-hydrogen) atoms. The second-order valence-corrected chi connectivity index (χ2v) is 6.60. The van der Waals surface area contributed by atoms with Crippen molar-refractivity contribution in [2.45, 2.75) is 13.3 Å². The lowest BCUT2D eigenvalue weighted by Gasteiger charge is -2.03. The molecule has 0 saturated carbocycles. The SMILES string of the molecule is Cc1ccc2c(c1)cc1scc(Cc3cccc([N+](=O)[O-])c3)n12. The molecule has 0 aliphatic carbocycles. The zero-order valence-corrected chi connectivity index (χ0v) is 13.3. The number of nitrogens with zero attached hydrogens (tertiary/aromatic N) is 2. The lowest BCUT2D eigenvalue weighted by molar-refractivity contribution is -0.384. The van der Waals surface area contributed by atoms with Crippen molar-refractivity contribution in [1.29, 1.82) is 0 Å². The van der Waals surface area contributed by atoms with Gasteiger partial charge in [-0.3, -0.25) is 10.1 Å². The molecule has 0 aliphatic rings. The zero-order valence-electron chi connectivity index (χ0n) is 12.5. The van der Waals surface area contributed by atoms with Gasteiger partial charge in [-0.25, -0.2) is 0 Å². The van der Waals surface area contributed by atoms with E-state index in [2.05, 4.69) is 41.0 Å². The Morgan fingerprint density at radius 2 is 2.04 bits per heavy atom. The third-order valence-electron chi connectivity index (χ3n) is 4.03. The third kappa shape index (κ3) is 2.39. The van der Waals surface area contributed by atoms with Crippen LogP contribution in [-0.4, -0.2) is 9.32 Å². The molecule has 0 amide bonds. The zero-order chi connectivity index (χ0) is 16.0. The molecule has 2 aromatic heterocycles. The Balaban J connectivity index is 1.81. The predicted octanol–water partition coefficient (Wildman–Crippen LogP) is 4.96. The highest BCUT2D eigenvalue weighted by Gasteiger charge is 2.11. The molecular formula is C18H14N2O2S. The molecule has 0 saturated heterocycles. The molecule has 0 radical (unpaired) electrons. The fraction of sp³-hybridized carbons (Fsp3) is 0.111. The minimum absolute atomic E-state index is 0.141. The van der Waals surface area contributed by atoms with Crippen LogP contribution in [0.2, 0.25) is 0 Å². The van der Waals surface area contributed by atoms with Gasteiger partial charge in [-0.2, -0.15) is 0 Å². The number of aromatic nitrogens is 1. The van der Waals surface area contributed by atoms with Crippen molar-refractivity contribution >= 4 is 32.8 Å². The van der Waals surface area contributed by atoms with E-state index in [1.54, 1.807) is 23.5 Å². The van der Waals surface area contributed by atoms with Crippen LogP contribution in [0.4, 0.5) is 5.69 Å². The summed E-state index contributed by atoms with van der Waals surface area (Å²) in [6.07, 6.45) is 0.680. The largest absolute Gasteiger partial charge is 0.304 e. The number of fused-ring (bicyclic) bond motifs is 3. The van der Waals surface area contributed by atoms with Crippen LogP contribution in [-0.2, 0) is 6.42 Å². The molecule has 0 bridgehead atoms. The van der Waals surface area contributed by atoms with Gasteiger partial charge in [-0.05, 0) is 30.7 Å². The third-order valence-corrected chi connectivity index (χ3v) is 4.96. The Morgan fingerprint density at radius 1 is 1.17 bits per heavy atom. The number of hydrogen-bond donors (Lipinski definition) is 0. The molecule has 0 aliphatic heterocycles. The van der Waals surface area contributed by atoms with Gasteiger partial charge >= 0.3 is 0 Å². The minimum atomic E-state index is -0.347. The van der Waals surface area contributed by atoms with Crippen LogP contribution < -0.4 is 0 Å². The highest BCUT2D eigenvalue weighted by molar-refractivity contribution is 7.15.